The van der Waals surface area contributed by atoms with E-state index in [4.69, 9.17) is 4.74 Å². The molecule has 52 heavy (non-hydrogen) atoms. The average Bonchev–Trinajstić information content (AvgIpc) is 3.90. The van der Waals surface area contributed by atoms with E-state index >= 15 is 0 Å². The number of rotatable bonds is 11. The van der Waals surface area contributed by atoms with Crippen LogP contribution >= 0.6 is 0 Å². The number of nitrogens with zero attached hydrogens (tertiary/aromatic N) is 2. The minimum atomic E-state index is -4.16. The van der Waals surface area contributed by atoms with Crippen LogP contribution in [0.4, 0.5) is 17.1 Å². The number of hydrogen-bond acceptors (Lipinski definition) is 8. The van der Waals surface area contributed by atoms with Crippen molar-refractivity contribution in [3.63, 3.8) is 0 Å². The molecule has 4 unspecified atom stereocenters. The molecular weight excluding hydrogens is 679 g/mol. The molecule has 3 aromatic carbocycles. The molecule has 0 aromatic heterocycles. The molecule has 2 aliphatic heterocycles. The summed E-state index contributed by atoms with van der Waals surface area (Å²) in [6.07, 6.45) is 10.1. The van der Waals surface area contributed by atoms with Gasteiger partial charge in [0.05, 0.1) is 10.6 Å². The van der Waals surface area contributed by atoms with Gasteiger partial charge in [0.2, 0.25) is 0 Å². The average molecular weight is 731 g/mol. The van der Waals surface area contributed by atoms with Crippen molar-refractivity contribution in [1.82, 2.24) is 9.62 Å². The third-order valence-corrected chi connectivity index (χ3v) is 13.6. The van der Waals surface area contributed by atoms with Gasteiger partial charge < -0.3 is 20.4 Å². The molecule has 4 fully saturated rings. The second-order valence-electron chi connectivity index (χ2n) is 15.1. The quantitative estimate of drug-likeness (QED) is 0.169. The van der Waals surface area contributed by atoms with Gasteiger partial charge in [-0.15, -0.1) is 0 Å². The Kier molecular flexibility index (Phi) is 11.0. The van der Waals surface area contributed by atoms with Crippen molar-refractivity contribution in [2.24, 2.45) is 29.6 Å². The lowest BCUT2D eigenvalue weighted by Gasteiger charge is -2.36. The Bertz CT molecular complexity index is 1870. The number of allylic oxidation sites excluding steroid dienone is 2. The molecule has 11 nitrogen and oxygen atoms in total. The van der Waals surface area contributed by atoms with Crippen molar-refractivity contribution in [2.45, 2.75) is 50.0 Å². The maximum absolute atomic E-state index is 13.2. The Labute approximate surface area is 306 Å². The number of sulfonamides is 1. The van der Waals surface area contributed by atoms with Crippen LogP contribution in [0.15, 0.2) is 77.7 Å². The molecule has 12 heteroatoms. The lowest BCUT2D eigenvalue weighted by atomic mass is 9.78. The van der Waals surface area contributed by atoms with E-state index in [-0.39, 0.29) is 15.9 Å². The van der Waals surface area contributed by atoms with Gasteiger partial charge in [0.25, 0.3) is 15.9 Å². The molecule has 4 atom stereocenters. The second kappa shape index (κ2) is 15.7. The third kappa shape index (κ3) is 7.50. The smallest absolute Gasteiger partial charge is 0.264 e. The molecule has 2 bridgehead atoms. The Morgan fingerprint density at radius 1 is 0.923 bits per heavy atom. The van der Waals surface area contributed by atoms with Crippen LogP contribution in [0.25, 0.3) is 5.57 Å². The number of nitrogens with one attached hydrogen (secondary N) is 2. The first-order valence-corrected chi connectivity index (χ1v) is 20.2. The summed E-state index contributed by atoms with van der Waals surface area (Å²) in [6, 6.07) is 20.6. The molecule has 7 N–H and O–H groups in total. The van der Waals surface area contributed by atoms with Crippen LogP contribution in [0.1, 0.15) is 60.0 Å². The van der Waals surface area contributed by atoms with Crippen LogP contribution < -0.4 is 20.4 Å². The monoisotopic (exact) mass is 730 g/mol. The van der Waals surface area contributed by atoms with Crippen molar-refractivity contribution in [3.8, 4) is 0 Å². The van der Waals surface area contributed by atoms with Crippen LogP contribution in [0.2, 0.25) is 0 Å². The van der Waals surface area contributed by atoms with Gasteiger partial charge in [-0.1, -0.05) is 36.8 Å². The number of benzene rings is 3. The predicted octanol–water partition coefficient (Wildman–Crippen LogP) is 4.17. The second-order valence-corrected chi connectivity index (χ2v) is 16.8. The molecular formula is C40H52N5O6S+. The molecule has 3 aromatic rings. The van der Waals surface area contributed by atoms with Crippen molar-refractivity contribution >= 4 is 38.6 Å². The van der Waals surface area contributed by atoms with Crippen LogP contribution in [-0.4, -0.2) is 75.8 Å². The minimum absolute atomic E-state index is 0. The van der Waals surface area contributed by atoms with Gasteiger partial charge in [-0.05, 0) is 115 Å². The fourth-order valence-corrected chi connectivity index (χ4v) is 10.5. The van der Waals surface area contributed by atoms with Crippen LogP contribution in [0, 0.1) is 29.6 Å². The van der Waals surface area contributed by atoms with E-state index in [0.717, 1.165) is 93.6 Å². The summed E-state index contributed by atoms with van der Waals surface area (Å²) in [4.78, 5) is 17.8. The summed E-state index contributed by atoms with van der Waals surface area (Å²) in [6.45, 7) is 6.77. The normalized spacial score (nSPS) is 24.6. The Hall–Kier alpha value is -3.78. The third-order valence-electron chi connectivity index (χ3n) is 12.2. The largest absolute Gasteiger partial charge is 0.412 e. The zero-order chi connectivity index (χ0) is 35.0. The Balaban J connectivity index is 0.00000420. The molecule has 0 spiro atoms. The molecule has 278 valence electrons. The van der Waals surface area contributed by atoms with E-state index in [1.807, 2.05) is 12.1 Å². The summed E-state index contributed by atoms with van der Waals surface area (Å²) in [5.41, 5.74) is 7.65. The molecule has 8 rings (SSSR count). The maximum atomic E-state index is 13.2. The summed E-state index contributed by atoms with van der Waals surface area (Å²) < 4.78 is 34.0. The van der Waals surface area contributed by atoms with Crippen molar-refractivity contribution in [1.29, 1.82) is 0 Å². The number of nitrogens with two attached hydrogens (primary N) is 1. The highest BCUT2D eigenvalue weighted by Gasteiger charge is 2.50. The number of quaternary nitrogens is 1. The van der Waals surface area contributed by atoms with Crippen molar-refractivity contribution in [2.75, 3.05) is 56.2 Å². The van der Waals surface area contributed by atoms with Gasteiger partial charge in [0.1, 0.15) is 0 Å². The summed E-state index contributed by atoms with van der Waals surface area (Å²) in [5, 5.41) is 13.1. The number of fused-ring (bicyclic) bond motifs is 5. The topological polar surface area (TPSA) is 159 Å². The number of piperazine rings is 1. The highest BCUT2D eigenvalue weighted by molar-refractivity contribution is 7.90. The van der Waals surface area contributed by atoms with Crippen LogP contribution in [-0.2, 0) is 21.3 Å². The van der Waals surface area contributed by atoms with Gasteiger partial charge in [-0.25, -0.2) is 18.3 Å². The molecule has 3 aliphatic carbocycles. The van der Waals surface area contributed by atoms with E-state index < -0.39 is 15.9 Å². The lowest BCUT2D eigenvalue weighted by Crippen LogP contribution is -2.74. The van der Waals surface area contributed by atoms with E-state index in [9.17, 15) is 18.4 Å². The highest BCUT2D eigenvalue weighted by Crippen LogP contribution is 2.60. The van der Waals surface area contributed by atoms with Crippen LogP contribution in [0.5, 0.6) is 0 Å². The number of carbonyl (C=O) groups is 1. The minimum Gasteiger partial charge on any atom is -0.412 e. The number of amides is 1. The number of carbonyl (C=O) groups excluding carboxylic acids is 1. The molecule has 0 radical (unpaired) electrons. The van der Waals surface area contributed by atoms with Crippen molar-refractivity contribution in [3.05, 3.63) is 89.5 Å². The first kappa shape index (κ1) is 36.6. The highest BCUT2D eigenvalue weighted by atomic mass is 32.2. The molecule has 2 saturated heterocycles. The Morgan fingerprint density at radius 2 is 1.67 bits per heavy atom. The number of anilines is 2. The van der Waals surface area contributed by atoms with Gasteiger partial charge >= 0.3 is 0 Å². The lowest BCUT2D eigenvalue weighted by molar-refractivity contribution is -0.825. The van der Waals surface area contributed by atoms with Gasteiger partial charge in [-0.3, -0.25) is 9.69 Å². The molecule has 2 heterocycles. The molecule has 1 amide bonds. The van der Waals surface area contributed by atoms with Gasteiger partial charge in [0.15, 0.2) is 5.69 Å². The first-order valence-electron chi connectivity index (χ1n) is 18.7. The van der Waals surface area contributed by atoms with Crippen molar-refractivity contribution < 1.29 is 34.1 Å². The number of hydrogen-bond donors (Lipinski definition) is 4. The maximum Gasteiger partial charge on any atom is 0.264 e. The fraction of sp³-hybridized carbons (Fsp3) is 0.475. The zero-order valence-electron chi connectivity index (χ0n) is 29.7. The van der Waals surface area contributed by atoms with Crippen LogP contribution in [0.3, 0.4) is 0 Å². The van der Waals surface area contributed by atoms with E-state index in [1.165, 1.54) is 48.9 Å². The molecule has 5 aliphatic rings. The first-order chi connectivity index (χ1) is 24.9. The SMILES string of the molecule is O.O=C(NS(=O)(=O)c1ccc(NCC2CCOCC2)c([NH2+]O)c1)c1ccc(N2CCN(Cc3ccccc3C3=CC4CC3C3CCCC43)CC2)cc1. The summed E-state index contributed by atoms with van der Waals surface area (Å²) >= 11 is 0. The van der Waals surface area contributed by atoms with Gasteiger partial charge in [-0.2, -0.15) is 5.48 Å². The Morgan fingerprint density at radius 3 is 2.44 bits per heavy atom. The summed E-state index contributed by atoms with van der Waals surface area (Å²) in [7, 11) is -4.16. The van der Waals surface area contributed by atoms with Gasteiger partial charge in [0, 0.05) is 69.8 Å². The number of ether oxygens (including phenoxy) is 1. The fourth-order valence-electron chi connectivity index (χ4n) is 9.47. The molecule has 2 saturated carbocycles. The standard InChI is InChI=1S/C40H49N5O5S.H2O/c46-40(43-51(48,49)32-12-13-38(39(24-32)42-47)41-25-27-14-20-50-21-15-27)28-8-10-31(11-9-28)45-18-16-44(17-19-45)26-29-4-1-2-5-33(29)36-22-30-23-37(36)35-7-3-6-34(30)35;/h1-2,4-5,8-13,22,24,27,30,34-35,37,41-42,47H,3,6-7,14-21,23,25-26H2,(H,43,46);1H2/p+1. The predicted molar refractivity (Wildman–Crippen MR) is 201 cm³/mol. The summed E-state index contributed by atoms with van der Waals surface area (Å²) in [5.74, 6) is 3.14. The zero-order valence-corrected chi connectivity index (χ0v) is 30.5. The van der Waals surface area contributed by atoms with E-state index in [2.05, 4.69) is 50.2 Å². The van der Waals surface area contributed by atoms with E-state index in [0.29, 0.717) is 23.8 Å². The van der Waals surface area contributed by atoms with E-state index in [1.54, 1.807) is 23.8 Å².